The summed E-state index contributed by atoms with van der Waals surface area (Å²) in [6.07, 6.45) is 2.26. The Kier molecular flexibility index (Phi) is 7.43. The number of nitrogens with one attached hydrogen (secondary N) is 1. The lowest BCUT2D eigenvalue weighted by atomic mass is 9.49. The number of nitrogens with zero attached hydrogens (tertiary/aromatic N) is 2. The van der Waals surface area contributed by atoms with Crippen LogP contribution >= 0.6 is 11.6 Å². The van der Waals surface area contributed by atoms with Gasteiger partial charge in [0.05, 0.1) is 36.0 Å². The molecule has 2 aliphatic heterocycles. The summed E-state index contributed by atoms with van der Waals surface area (Å²) < 4.78 is 19.6. The fourth-order valence-corrected chi connectivity index (χ4v) is 8.76. The van der Waals surface area contributed by atoms with Crippen molar-refractivity contribution in [1.29, 1.82) is 0 Å². The molecule has 2 aliphatic carbocycles. The van der Waals surface area contributed by atoms with E-state index in [1.54, 1.807) is 36.4 Å². The molecular weight excluding hydrogens is 637 g/mol. The summed E-state index contributed by atoms with van der Waals surface area (Å²) in [6.45, 7) is 5.44. The first-order valence-corrected chi connectivity index (χ1v) is 16.3. The van der Waals surface area contributed by atoms with E-state index in [0.29, 0.717) is 33.2 Å². The molecule has 7 rings (SSSR count). The van der Waals surface area contributed by atoms with Crippen LogP contribution in [0.5, 0.6) is 11.5 Å². The van der Waals surface area contributed by atoms with Gasteiger partial charge in [-0.2, -0.15) is 5.01 Å². The highest BCUT2D eigenvalue weighted by Crippen LogP contribution is 2.66. The third-order valence-corrected chi connectivity index (χ3v) is 10.7. The number of anilines is 1. The fraction of sp³-hybridized carbons (Fsp3) is 0.351. The summed E-state index contributed by atoms with van der Waals surface area (Å²) in [7, 11) is 1.46. The number of ether oxygens (including phenoxy) is 1. The Morgan fingerprint density at radius 3 is 2.27 bits per heavy atom. The van der Waals surface area contributed by atoms with Crippen molar-refractivity contribution in [2.24, 2.45) is 23.7 Å². The van der Waals surface area contributed by atoms with Crippen molar-refractivity contribution in [2.75, 3.05) is 12.5 Å². The number of hydrazine groups is 1. The number of methoxy groups -OCH3 is 1. The second kappa shape index (κ2) is 11.2. The normalized spacial score (nSPS) is 28.2. The Hall–Kier alpha value is -4.70. The minimum atomic E-state index is -1.63. The van der Waals surface area contributed by atoms with E-state index >= 15 is 4.79 Å². The van der Waals surface area contributed by atoms with Crippen LogP contribution in [0, 0.1) is 29.5 Å². The molecule has 1 saturated carbocycles. The van der Waals surface area contributed by atoms with Gasteiger partial charge < -0.3 is 9.84 Å². The Morgan fingerprint density at radius 2 is 1.62 bits per heavy atom. The minimum Gasteiger partial charge on any atom is -0.508 e. The molecule has 2 heterocycles. The van der Waals surface area contributed by atoms with E-state index in [0.717, 1.165) is 5.01 Å². The lowest BCUT2D eigenvalue weighted by Gasteiger charge is -2.50. The molecule has 11 heteroatoms. The molecule has 6 unspecified atom stereocenters. The molecule has 3 aromatic carbocycles. The number of likely N-dealkylation sites (tertiary alicyclic amines) is 1. The molecule has 0 aromatic heterocycles. The lowest BCUT2D eigenvalue weighted by Crippen LogP contribution is -2.53. The summed E-state index contributed by atoms with van der Waals surface area (Å²) in [4.78, 5) is 59.2. The van der Waals surface area contributed by atoms with Gasteiger partial charge in [-0.05, 0) is 93.6 Å². The van der Waals surface area contributed by atoms with Gasteiger partial charge in [0.15, 0.2) is 0 Å². The number of carbonyl (C=O) groups is 4. The first kappa shape index (κ1) is 31.9. The monoisotopic (exact) mass is 671 g/mol. The second-order valence-corrected chi connectivity index (χ2v) is 14.4. The standard InChI is InChI=1S/C37H35ClFN3O6/c1-36(2,3)41-32(44)24-17-16-23-25(29(24)34(41)46)18-26-33(45)42(40-22-14-12-21(39)13-15-22)35(47)37(26,19-8-10-20(38)11-9-19)31(23)30-27(43)6-5-7-28(30)48-4/h5-16,24-26,29,31,40,43H,17-18H2,1-4H3. The number of allylic oxidation sites excluding steroid dienone is 2. The van der Waals surface area contributed by atoms with E-state index in [4.69, 9.17) is 16.3 Å². The predicted octanol–water partition coefficient (Wildman–Crippen LogP) is 5.98. The number of aromatic hydroxyl groups is 1. The zero-order chi connectivity index (χ0) is 34.3. The number of imide groups is 2. The van der Waals surface area contributed by atoms with Gasteiger partial charge in [-0.25, -0.2) is 4.39 Å². The second-order valence-electron chi connectivity index (χ2n) is 13.9. The lowest BCUT2D eigenvalue weighted by molar-refractivity contribution is -0.146. The van der Waals surface area contributed by atoms with Crippen molar-refractivity contribution in [3.8, 4) is 11.5 Å². The van der Waals surface area contributed by atoms with Crippen LogP contribution < -0.4 is 10.2 Å². The molecule has 0 bridgehead atoms. The zero-order valence-electron chi connectivity index (χ0n) is 26.9. The van der Waals surface area contributed by atoms with Gasteiger partial charge in [-0.3, -0.25) is 29.5 Å². The van der Waals surface area contributed by atoms with E-state index in [1.807, 2.05) is 26.8 Å². The highest BCUT2D eigenvalue weighted by atomic mass is 35.5. The number of phenols is 1. The van der Waals surface area contributed by atoms with Crippen LogP contribution in [0.1, 0.15) is 50.7 Å². The number of benzene rings is 3. The molecule has 6 atom stereocenters. The van der Waals surface area contributed by atoms with Crippen LogP contribution in [-0.2, 0) is 24.6 Å². The molecule has 0 radical (unpaired) electrons. The van der Waals surface area contributed by atoms with Crippen molar-refractivity contribution in [2.45, 2.75) is 50.5 Å². The average Bonchev–Trinajstić information content (AvgIpc) is 3.43. The molecule has 2 N–H and O–H groups in total. The number of hydrogen-bond acceptors (Lipinski definition) is 7. The Bertz CT molecular complexity index is 1890. The van der Waals surface area contributed by atoms with Crippen molar-refractivity contribution in [1.82, 2.24) is 9.91 Å². The number of fused-ring (bicyclic) bond motifs is 4. The van der Waals surface area contributed by atoms with Crippen LogP contribution in [0.2, 0.25) is 5.02 Å². The van der Waals surface area contributed by atoms with E-state index < -0.39 is 58.2 Å². The van der Waals surface area contributed by atoms with Crippen molar-refractivity contribution >= 4 is 40.9 Å². The van der Waals surface area contributed by atoms with Gasteiger partial charge in [0.25, 0.3) is 11.8 Å². The Labute approximate surface area is 282 Å². The van der Waals surface area contributed by atoms with Crippen LogP contribution in [0.25, 0.3) is 0 Å². The van der Waals surface area contributed by atoms with Crippen molar-refractivity contribution in [3.63, 3.8) is 0 Å². The number of hydrogen-bond donors (Lipinski definition) is 2. The van der Waals surface area contributed by atoms with E-state index in [9.17, 15) is 23.9 Å². The smallest absolute Gasteiger partial charge is 0.260 e. The maximum atomic E-state index is 15.2. The molecule has 3 aromatic rings. The summed E-state index contributed by atoms with van der Waals surface area (Å²) in [5, 5.41) is 13.0. The fourth-order valence-electron chi connectivity index (χ4n) is 8.63. The Morgan fingerprint density at radius 1 is 0.938 bits per heavy atom. The number of rotatable bonds is 5. The number of carbonyl (C=O) groups excluding carboxylic acids is 4. The molecule has 3 fully saturated rings. The van der Waals surface area contributed by atoms with Crippen LogP contribution in [0.4, 0.5) is 10.1 Å². The topological polar surface area (TPSA) is 116 Å². The third kappa shape index (κ3) is 4.48. The van der Waals surface area contributed by atoms with Gasteiger partial charge in [-0.15, -0.1) is 0 Å². The highest BCUT2D eigenvalue weighted by molar-refractivity contribution is 6.30. The quantitative estimate of drug-likeness (QED) is 0.253. The Balaban J connectivity index is 1.49. The van der Waals surface area contributed by atoms with Crippen LogP contribution in [-0.4, -0.2) is 51.3 Å². The van der Waals surface area contributed by atoms with Crippen molar-refractivity contribution < 1.29 is 33.4 Å². The summed E-state index contributed by atoms with van der Waals surface area (Å²) >= 11 is 6.33. The van der Waals surface area contributed by atoms with E-state index in [1.165, 1.54) is 42.3 Å². The molecule has 9 nitrogen and oxygen atoms in total. The maximum absolute atomic E-state index is 15.2. The SMILES string of the molecule is COc1cccc(O)c1C1C2=CCC3C(=O)N(C(C)(C)C)C(=O)C3C2CC2C(=O)N(Nc3ccc(F)cc3)C(=O)C21c1ccc(Cl)cc1. The average molecular weight is 672 g/mol. The van der Waals surface area contributed by atoms with E-state index in [2.05, 4.69) is 5.43 Å². The molecule has 4 amide bonds. The first-order chi connectivity index (χ1) is 22.8. The van der Waals surface area contributed by atoms with Gasteiger partial charge in [0, 0.05) is 22.0 Å². The maximum Gasteiger partial charge on any atom is 0.260 e. The van der Waals surface area contributed by atoms with Crippen molar-refractivity contribution in [3.05, 3.63) is 100 Å². The zero-order valence-corrected chi connectivity index (χ0v) is 27.6. The highest BCUT2D eigenvalue weighted by Gasteiger charge is 2.71. The van der Waals surface area contributed by atoms with Gasteiger partial charge in [-0.1, -0.05) is 41.4 Å². The largest absolute Gasteiger partial charge is 0.508 e. The molecule has 4 aliphatic rings. The number of phenolic OH excluding ortho intramolecular Hbond substituents is 1. The van der Waals surface area contributed by atoms with Gasteiger partial charge in [0.1, 0.15) is 17.3 Å². The minimum absolute atomic E-state index is 0.0885. The molecular formula is C37H35ClFN3O6. The summed E-state index contributed by atoms with van der Waals surface area (Å²) in [6, 6.07) is 16.8. The molecule has 248 valence electrons. The van der Waals surface area contributed by atoms with Gasteiger partial charge in [0.2, 0.25) is 11.8 Å². The molecule has 0 spiro atoms. The summed E-state index contributed by atoms with van der Waals surface area (Å²) in [5.74, 6) is -6.06. The van der Waals surface area contributed by atoms with Crippen LogP contribution in [0.15, 0.2) is 78.4 Å². The summed E-state index contributed by atoms with van der Waals surface area (Å²) in [5.41, 5.74) is 2.30. The van der Waals surface area contributed by atoms with Gasteiger partial charge >= 0.3 is 0 Å². The first-order valence-electron chi connectivity index (χ1n) is 15.9. The predicted molar refractivity (Wildman–Crippen MR) is 175 cm³/mol. The third-order valence-electron chi connectivity index (χ3n) is 10.5. The van der Waals surface area contributed by atoms with Crippen LogP contribution in [0.3, 0.4) is 0 Å². The molecule has 2 saturated heterocycles. The number of halogens is 2. The number of amides is 4. The molecule has 48 heavy (non-hydrogen) atoms. The van der Waals surface area contributed by atoms with E-state index in [-0.39, 0.29) is 30.4 Å².